The molecule has 1 aliphatic heterocycles. The Hall–Kier alpha value is -2.41. The van der Waals surface area contributed by atoms with Crippen LogP contribution in [0.2, 0.25) is 0 Å². The summed E-state index contributed by atoms with van der Waals surface area (Å²) in [6, 6.07) is 11.4. The Morgan fingerprint density at radius 2 is 1.71 bits per heavy atom. The van der Waals surface area contributed by atoms with E-state index in [0.717, 1.165) is 30.8 Å². The van der Waals surface area contributed by atoms with E-state index in [1.165, 1.54) is 18.2 Å². The molecular weight excluding hydrogens is 372 g/mol. The molecule has 1 saturated heterocycles. The number of amides is 1. The van der Waals surface area contributed by atoms with Gasteiger partial charge < -0.3 is 5.32 Å². The van der Waals surface area contributed by atoms with Crippen molar-refractivity contribution in [3.8, 4) is 0 Å². The van der Waals surface area contributed by atoms with E-state index in [2.05, 4.69) is 10.2 Å². The summed E-state index contributed by atoms with van der Waals surface area (Å²) in [5, 5.41) is 2.75. The first kappa shape index (κ1) is 20.3. The first-order chi connectivity index (χ1) is 13.3. The molecule has 0 aliphatic carbocycles. The molecule has 1 N–H and O–H groups in total. The SMILES string of the molecule is O=C(NCc1cccc(C(F)(F)F)c1)C1CCN(Cc2ccc(F)cc2)CC1. The van der Waals surface area contributed by atoms with E-state index in [4.69, 9.17) is 0 Å². The highest BCUT2D eigenvalue weighted by atomic mass is 19.4. The van der Waals surface area contributed by atoms with Crippen molar-refractivity contribution in [3.63, 3.8) is 0 Å². The number of nitrogens with one attached hydrogen (secondary N) is 1. The summed E-state index contributed by atoms with van der Waals surface area (Å²) in [6.07, 6.45) is -3.01. The number of halogens is 4. The lowest BCUT2D eigenvalue weighted by molar-refractivity contribution is -0.137. The number of carbonyl (C=O) groups is 1. The van der Waals surface area contributed by atoms with Gasteiger partial charge in [-0.2, -0.15) is 13.2 Å². The minimum Gasteiger partial charge on any atom is -0.352 e. The van der Waals surface area contributed by atoms with Gasteiger partial charge in [-0.3, -0.25) is 9.69 Å². The second-order valence-corrected chi connectivity index (χ2v) is 7.09. The smallest absolute Gasteiger partial charge is 0.352 e. The second-order valence-electron chi connectivity index (χ2n) is 7.09. The van der Waals surface area contributed by atoms with Crippen LogP contribution in [0.4, 0.5) is 17.6 Å². The molecule has 0 radical (unpaired) electrons. The average Bonchev–Trinajstić information content (AvgIpc) is 2.68. The van der Waals surface area contributed by atoms with Gasteiger partial charge in [-0.1, -0.05) is 24.3 Å². The largest absolute Gasteiger partial charge is 0.416 e. The number of hydrogen-bond donors (Lipinski definition) is 1. The van der Waals surface area contributed by atoms with Crippen LogP contribution < -0.4 is 5.32 Å². The third kappa shape index (κ3) is 5.55. The van der Waals surface area contributed by atoms with E-state index in [-0.39, 0.29) is 24.2 Å². The quantitative estimate of drug-likeness (QED) is 0.764. The summed E-state index contributed by atoms with van der Waals surface area (Å²) in [7, 11) is 0. The van der Waals surface area contributed by atoms with Crippen LogP contribution in [0.5, 0.6) is 0 Å². The van der Waals surface area contributed by atoms with Crippen LogP contribution in [0.1, 0.15) is 29.5 Å². The lowest BCUT2D eigenvalue weighted by Crippen LogP contribution is -2.40. The second kappa shape index (κ2) is 8.73. The third-order valence-electron chi connectivity index (χ3n) is 5.00. The maximum Gasteiger partial charge on any atom is 0.416 e. The Morgan fingerprint density at radius 1 is 1.04 bits per heavy atom. The van der Waals surface area contributed by atoms with Crippen molar-refractivity contribution in [2.45, 2.75) is 32.1 Å². The first-order valence-electron chi connectivity index (χ1n) is 9.22. The molecule has 0 saturated carbocycles. The molecule has 2 aromatic carbocycles. The van der Waals surface area contributed by atoms with Gasteiger partial charge in [0.2, 0.25) is 5.91 Å². The van der Waals surface area contributed by atoms with Gasteiger partial charge in [-0.25, -0.2) is 4.39 Å². The van der Waals surface area contributed by atoms with Crippen molar-refractivity contribution in [2.24, 2.45) is 5.92 Å². The maximum atomic E-state index is 13.0. The molecule has 2 aromatic rings. The fourth-order valence-electron chi connectivity index (χ4n) is 3.39. The predicted molar refractivity (Wildman–Crippen MR) is 97.7 cm³/mol. The Morgan fingerprint density at radius 3 is 2.36 bits per heavy atom. The minimum atomic E-state index is -4.39. The molecule has 3 rings (SSSR count). The fourth-order valence-corrected chi connectivity index (χ4v) is 3.39. The van der Waals surface area contributed by atoms with Crippen molar-refractivity contribution in [3.05, 3.63) is 71.0 Å². The number of carbonyl (C=O) groups excluding carboxylic acids is 1. The first-order valence-corrected chi connectivity index (χ1v) is 9.22. The van der Waals surface area contributed by atoms with Crippen molar-refractivity contribution < 1.29 is 22.4 Å². The lowest BCUT2D eigenvalue weighted by atomic mass is 9.95. The molecule has 0 unspecified atom stereocenters. The maximum absolute atomic E-state index is 13.0. The van der Waals surface area contributed by atoms with Crippen LogP contribution in [0.3, 0.4) is 0 Å². The summed E-state index contributed by atoms with van der Waals surface area (Å²) in [5.41, 5.74) is 0.735. The molecular formula is C21H22F4N2O. The Bertz CT molecular complexity index is 797. The van der Waals surface area contributed by atoms with Gasteiger partial charge in [0.05, 0.1) is 5.56 Å². The predicted octanol–water partition coefficient (Wildman–Crippen LogP) is 4.37. The van der Waals surface area contributed by atoms with Crippen LogP contribution in [0.25, 0.3) is 0 Å². The molecule has 0 bridgehead atoms. The number of piperidine rings is 1. The molecule has 0 spiro atoms. The molecule has 3 nitrogen and oxygen atoms in total. The number of likely N-dealkylation sites (tertiary alicyclic amines) is 1. The van der Waals surface area contributed by atoms with E-state index in [0.29, 0.717) is 24.9 Å². The highest BCUT2D eigenvalue weighted by Gasteiger charge is 2.30. The Balaban J connectivity index is 1.46. The monoisotopic (exact) mass is 394 g/mol. The zero-order valence-electron chi connectivity index (χ0n) is 15.3. The van der Waals surface area contributed by atoms with Gasteiger partial charge in [0.25, 0.3) is 0 Å². The van der Waals surface area contributed by atoms with E-state index < -0.39 is 11.7 Å². The molecule has 150 valence electrons. The molecule has 1 heterocycles. The number of rotatable bonds is 5. The van der Waals surface area contributed by atoms with Crippen LogP contribution in [-0.4, -0.2) is 23.9 Å². The molecule has 1 aliphatic rings. The van der Waals surface area contributed by atoms with Crippen LogP contribution in [0.15, 0.2) is 48.5 Å². The molecule has 0 aromatic heterocycles. The standard InChI is InChI=1S/C21H22F4N2O/c22-19-6-4-15(5-7-19)14-27-10-8-17(9-11-27)20(28)26-13-16-2-1-3-18(12-16)21(23,24)25/h1-7,12,17H,8-11,13-14H2,(H,26,28). The Kier molecular flexibility index (Phi) is 6.34. The summed E-state index contributed by atoms with van der Waals surface area (Å²) >= 11 is 0. The van der Waals surface area contributed by atoms with Crippen molar-refractivity contribution in [2.75, 3.05) is 13.1 Å². The van der Waals surface area contributed by atoms with Gasteiger partial charge in [-0.05, 0) is 61.3 Å². The molecule has 7 heteroatoms. The van der Waals surface area contributed by atoms with Crippen molar-refractivity contribution in [1.29, 1.82) is 0 Å². The Labute approximate surface area is 161 Å². The van der Waals surface area contributed by atoms with Crippen LogP contribution in [-0.2, 0) is 24.1 Å². The van der Waals surface area contributed by atoms with Crippen LogP contribution >= 0.6 is 0 Å². The van der Waals surface area contributed by atoms with E-state index >= 15 is 0 Å². The number of benzene rings is 2. The number of alkyl halides is 3. The van der Waals surface area contributed by atoms with E-state index in [1.54, 1.807) is 18.2 Å². The molecule has 0 atom stereocenters. The van der Waals surface area contributed by atoms with Crippen molar-refractivity contribution in [1.82, 2.24) is 10.2 Å². The topological polar surface area (TPSA) is 32.3 Å². The van der Waals surface area contributed by atoms with Gasteiger partial charge in [-0.15, -0.1) is 0 Å². The fraction of sp³-hybridized carbons (Fsp3) is 0.381. The minimum absolute atomic E-state index is 0.0819. The summed E-state index contributed by atoms with van der Waals surface area (Å²) in [4.78, 5) is 14.6. The molecule has 1 amide bonds. The summed E-state index contributed by atoms with van der Waals surface area (Å²) < 4.78 is 51.2. The highest BCUT2D eigenvalue weighted by molar-refractivity contribution is 5.78. The van der Waals surface area contributed by atoms with Gasteiger partial charge in [0.15, 0.2) is 0 Å². The van der Waals surface area contributed by atoms with Gasteiger partial charge in [0.1, 0.15) is 5.82 Å². The van der Waals surface area contributed by atoms with Gasteiger partial charge >= 0.3 is 6.18 Å². The zero-order valence-corrected chi connectivity index (χ0v) is 15.3. The highest BCUT2D eigenvalue weighted by Crippen LogP contribution is 2.29. The number of nitrogens with zero attached hydrogens (tertiary/aromatic N) is 1. The molecule has 28 heavy (non-hydrogen) atoms. The van der Waals surface area contributed by atoms with Crippen molar-refractivity contribution >= 4 is 5.91 Å². The van der Waals surface area contributed by atoms with E-state index in [1.807, 2.05) is 0 Å². The normalized spacial score (nSPS) is 16.1. The van der Waals surface area contributed by atoms with Crippen LogP contribution in [0, 0.1) is 11.7 Å². The summed E-state index contributed by atoms with van der Waals surface area (Å²) in [5.74, 6) is -0.533. The zero-order chi connectivity index (χ0) is 20.1. The summed E-state index contributed by atoms with van der Waals surface area (Å²) in [6.45, 7) is 2.29. The van der Waals surface area contributed by atoms with Gasteiger partial charge in [0, 0.05) is 19.0 Å². The van der Waals surface area contributed by atoms with E-state index in [9.17, 15) is 22.4 Å². The number of hydrogen-bond acceptors (Lipinski definition) is 2. The lowest BCUT2D eigenvalue weighted by Gasteiger charge is -2.31. The average molecular weight is 394 g/mol. The molecule has 1 fully saturated rings. The third-order valence-corrected chi connectivity index (χ3v) is 5.00.